The molecular formula is C8H6NO3S-. The van der Waals surface area contributed by atoms with Gasteiger partial charge < -0.3 is 15.2 Å². The highest BCUT2D eigenvalue weighted by atomic mass is 32.1. The number of amides is 1. The maximum absolute atomic E-state index is 10.8. The minimum Gasteiger partial charge on any atom is -0.545 e. The van der Waals surface area contributed by atoms with E-state index in [0.29, 0.717) is 5.00 Å². The van der Waals surface area contributed by atoms with Crippen LogP contribution in [-0.4, -0.2) is 11.9 Å². The summed E-state index contributed by atoms with van der Waals surface area (Å²) >= 11 is 1.12. The lowest BCUT2D eigenvalue weighted by Crippen LogP contribution is -2.21. The monoisotopic (exact) mass is 196 g/mol. The zero-order valence-corrected chi connectivity index (χ0v) is 7.39. The number of carboxylic acid groups (broad SMARTS) is 1. The predicted molar refractivity (Wildman–Crippen MR) is 47.5 cm³/mol. The third-order valence-corrected chi connectivity index (χ3v) is 2.11. The summed E-state index contributed by atoms with van der Waals surface area (Å²) in [5.74, 6) is -1.62. The van der Waals surface area contributed by atoms with Gasteiger partial charge in [0.15, 0.2) is 0 Å². The minimum absolute atomic E-state index is 0.0596. The molecule has 13 heavy (non-hydrogen) atoms. The molecule has 4 nitrogen and oxygen atoms in total. The van der Waals surface area contributed by atoms with Crippen LogP contribution in [0.2, 0.25) is 0 Å². The largest absolute Gasteiger partial charge is 0.545 e. The van der Waals surface area contributed by atoms with Crippen molar-refractivity contribution in [3.63, 3.8) is 0 Å². The van der Waals surface area contributed by atoms with Gasteiger partial charge in [0.1, 0.15) is 0 Å². The molecule has 68 valence electrons. The van der Waals surface area contributed by atoms with Gasteiger partial charge in [-0.1, -0.05) is 6.58 Å². The average Bonchev–Trinajstić information content (AvgIpc) is 2.52. The molecule has 0 aliphatic carbocycles. The molecule has 0 unspecified atom stereocenters. The Morgan fingerprint density at radius 1 is 1.62 bits per heavy atom. The molecular weight excluding hydrogens is 190 g/mol. The fraction of sp³-hybridized carbons (Fsp3) is 0. The van der Waals surface area contributed by atoms with Crippen LogP contribution in [0.3, 0.4) is 0 Å². The van der Waals surface area contributed by atoms with Crippen LogP contribution in [0.25, 0.3) is 0 Å². The van der Waals surface area contributed by atoms with E-state index in [1.807, 2.05) is 0 Å². The van der Waals surface area contributed by atoms with Crippen LogP contribution in [0.4, 0.5) is 5.00 Å². The Labute approximate surface area is 78.5 Å². The molecule has 0 saturated carbocycles. The number of carbonyl (C=O) groups is 2. The van der Waals surface area contributed by atoms with E-state index in [-0.39, 0.29) is 11.5 Å². The van der Waals surface area contributed by atoms with Crippen LogP contribution in [0, 0.1) is 0 Å². The van der Waals surface area contributed by atoms with E-state index in [0.717, 1.165) is 17.4 Å². The van der Waals surface area contributed by atoms with Crippen LogP contribution < -0.4 is 10.4 Å². The van der Waals surface area contributed by atoms with Gasteiger partial charge >= 0.3 is 0 Å². The molecule has 0 bridgehead atoms. The molecule has 0 fully saturated rings. The first kappa shape index (κ1) is 9.47. The second-order valence-electron chi connectivity index (χ2n) is 2.18. The molecule has 0 saturated heterocycles. The zero-order chi connectivity index (χ0) is 9.84. The van der Waals surface area contributed by atoms with Crippen LogP contribution >= 0.6 is 11.3 Å². The molecule has 1 aromatic rings. The molecule has 0 aliphatic rings. The molecule has 0 atom stereocenters. The van der Waals surface area contributed by atoms with Crippen molar-refractivity contribution in [1.82, 2.24) is 0 Å². The summed E-state index contributed by atoms with van der Waals surface area (Å²) in [5.41, 5.74) is 0.0596. The molecule has 0 aliphatic heterocycles. The second kappa shape index (κ2) is 3.86. The van der Waals surface area contributed by atoms with Crippen molar-refractivity contribution >= 4 is 28.2 Å². The number of aromatic carboxylic acids is 1. The Balaban J connectivity index is 2.74. The molecule has 0 radical (unpaired) electrons. The van der Waals surface area contributed by atoms with Gasteiger partial charge in [0.05, 0.1) is 11.0 Å². The quantitative estimate of drug-likeness (QED) is 0.704. The zero-order valence-electron chi connectivity index (χ0n) is 6.57. The van der Waals surface area contributed by atoms with Crippen molar-refractivity contribution in [2.24, 2.45) is 0 Å². The van der Waals surface area contributed by atoms with Crippen LogP contribution in [0.5, 0.6) is 0 Å². The third kappa shape index (κ3) is 2.41. The highest BCUT2D eigenvalue weighted by Gasteiger charge is 2.01. The molecule has 1 heterocycles. The average molecular weight is 196 g/mol. The summed E-state index contributed by atoms with van der Waals surface area (Å²) < 4.78 is 0. The van der Waals surface area contributed by atoms with Gasteiger partial charge in [0.25, 0.3) is 0 Å². The van der Waals surface area contributed by atoms with E-state index >= 15 is 0 Å². The first-order valence-electron chi connectivity index (χ1n) is 3.37. The Morgan fingerprint density at radius 3 is 2.77 bits per heavy atom. The number of anilines is 1. The van der Waals surface area contributed by atoms with E-state index in [1.165, 1.54) is 11.4 Å². The number of nitrogens with one attached hydrogen (secondary N) is 1. The minimum atomic E-state index is -1.25. The van der Waals surface area contributed by atoms with Crippen LogP contribution in [0.15, 0.2) is 24.1 Å². The summed E-state index contributed by atoms with van der Waals surface area (Å²) in [6, 6.07) is 1.33. The lowest BCUT2D eigenvalue weighted by atomic mass is 10.3. The van der Waals surface area contributed by atoms with Gasteiger partial charge in [-0.15, -0.1) is 11.3 Å². The standard InChI is InChI=1S/C8H7NO3S/c1-2-6(10)9-7-3-5(4-13-7)8(11)12/h2-4H,1H2,(H,9,10)(H,11,12)/p-1. The molecule has 1 rings (SSSR count). The highest BCUT2D eigenvalue weighted by molar-refractivity contribution is 7.14. The summed E-state index contributed by atoms with van der Waals surface area (Å²) in [6.07, 6.45) is 1.11. The Kier molecular flexibility index (Phi) is 2.81. The number of carboxylic acids is 1. The van der Waals surface area contributed by atoms with Gasteiger partial charge in [-0.05, 0) is 12.1 Å². The van der Waals surface area contributed by atoms with Gasteiger partial charge in [-0.2, -0.15) is 0 Å². The van der Waals surface area contributed by atoms with Crippen molar-refractivity contribution in [2.75, 3.05) is 5.32 Å². The smallest absolute Gasteiger partial charge is 0.248 e. The lowest BCUT2D eigenvalue weighted by molar-refractivity contribution is -0.255. The van der Waals surface area contributed by atoms with Crippen molar-refractivity contribution in [2.45, 2.75) is 0 Å². The molecule has 1 amide bonds. The maximum Gasteiger partial charge on any atom is 0.248 e. The predicted octanol–water partition coefficient (Wildman–Crippen LogP) is 0.236. The fourth-order valence-electron chi connectivity index (χ4n) is 0.681. The summed E-state index contributed by atoms with van der Waals surface area (Å²) in [6.45, 7) is 3.26. The lowest BCUT2D eigenvalue weighted by Gasteiger charge is -1.96. The molecule has 1 aromatic heterocycles. The van der Waals surface area contributed by atoms with E-state index in [9.17, 15) is 14.7 Å². The van der Waals surface area contributed by atoms with Crippen LogP contribution in [0.1, 0.15) is 10.4 Å². The Hall–Kier alpha value is -1.62. The number of hydrogen-bond donors (Lipinski definition) is 1. The van der Waals surface area contributed by atoms with Gasteiger partial charge in [-0.25, -0.2) is 0 Å². The van der Waals surface area contributed by atoms with Crippen molar-refractivity contribution in [3.05, 3.63) is 29.7 Å². The highest BCUT2D eigenvalue weighted by Crippen LogP contribution is 2.19. The maximum atomic E-state index is 10.8. The van der Waals surface area contributed by atoms with Crippen molar-refractivity contribution in [1.29, 1.82) is 0 Å². The number of thiophene rings is 1. The Morgan fingerprint density at radius 2 is 2.31 bits per heavy atom. The molecule has 5 heteroatoms. The van der Waals surface area contributed by atoms with Crippen molar-refractivity contribution < 1.29 is 14.7 Å². The first-order valence-corrected chi connectivity index (χ1v) is 4.24. The van der Waals surface area contributed by atoms with Gasteiger partial charge in [0, 0.05) is 10.9 Å². The summed E-state index contributed by atoms with van der Waals surface area (Å²) in [5, 5.41) is 14.6. The van der Waals surface area contributed by atoms with E-state index in [2.05, 4.69) is 11.9 Å². The number of carbonyl (C=O) groups excluding carboxylic acids is 2. The molecule has 0 aromatic carbocycles. The fourth-order valence-corrected chi connectivity index (χ4v) is 1.45. The molecule has 0 spiro atoms. The van der Waals surface area contributed by atoms with E-state index < -0.39 is 5.97 Å². The SMILES string of the molecule is C=CC(=O)Nc1cc(C(=O)[O-])cs1. The van der Waals surface area contributed by atoms with Crippen LogP contribution in [-0.2, 0) is 4.79 Å². The Bertz CT molecular complexity index is 356. The van der Waals surface area contributed by atoms with E-state index in [1.54, 1.807) is 0 Å². The first-order chi connectivity index (χ1) is 6.13. The summed E-state index contributed by atoms with van der Waals surface area (Å²) in [4.78, 5) is 21.1. The molecule has 1 N–H and O–H groups in total. The number of rotatable bonds is 3. The van der Waals surface area contributed by atoms with Gasteiger partial charge in [0.2, 0.25) is 5.91 Å². The van der Waals surface area contributed by atoms with Gasteiger partial charge in [-0.3, -0.25) is 4.79 Å². The topological polar surface area (TPSA) is 69.2 Å². The number of hydrogen-bond acceptors (Lipinski definition) is 4. The second-order valence-corrected chi connectivity index (χ2v) is 3.09. The van der Waals surface area contributed by atoms with Crippen molar-refractivity contribution in [3.8, 4) is 0 Å². The third-order valence-electron chi connectivity index (χ3n) is 1.27. The normalized spacial score (nSPS) is 9.23. The summed E-state index contributed by atoms with van der Waals surface area (Å²) in [7, 11) is 0. The van der Waals surface area contributed by atoms with E-state index in [4.69, 9.17) is 0 Å².